The van der Waals surface area contributed by atoms with E-state index in [2.05, 4.69) is 18.3 Å². The van der Waals surface area contributed by atoms with Crippen molar-refractivity contribution in [2.45, 2.75) is 58.6 Å². The molecule has 1 heterocycles. The normalized spacial score (nSPS) is 26.2. The highest BCUT2D eigenvalue weighted by atomic mass is 16.3. The molecule has 0 aliphatic heterocycles. The zero-order chi connectivity index (χ0) is 13.1. The molecule has 0 amide bonds. The summed E-state index contributed by atoms with van der Waals surface area (Å²) in [5.41, 5.74) is 1.27. The molecule has 1 atom stereocenters. The van der Waals surface area contributed by atoms with Crippen LogP contribution < -0.4 is 5.32 Å². The van der Waals surface area contributed by atoms with E-state index in [-0.39, 0.29) is 6.10 Å². The summed E-state index contributed by atoms with van der Waals surface area (Å²) >= 11 is 0. The molecule has 2 rings (SSSR count). The molecule has 1 unspecified atom stereocenters. The summed E-state index contributed by atoms with van der Waals surface area (Å²) in [6, 6.07) is 2.46. The maximum atomic E-state index is 9.49. The predicted molar refractivity (Wildman–Crippen MR) is 72.6 cm³/mol. The van der Waals surface area contributed by atoms with Gasteiger partial charge in [0.05, 0.1) is 6.10 Å². The zero-order valence-electron chi connectivity index (χ0n) is 11.7. The Labute approximate surface area is 110 Å². The molecule has 0 saturated heterocycles. The minimum absolute atomic E-state index is 0.0579. The maximum Gasteiger partial charge on any atom is 0.105 e. The number of aliphatic hydroxyl groups is 1. The van der Waals surface area contributed by atoms with E-state index in [0.717, 1.165) is 43.7 Å². The standard InChI is InChI=1S/C15H25NO2/c1-10-8-15(12(3)18-10)11(2)16-9-13-4-6-14(17)7-5-13/h8,11,13-14,16-17H,4-7,9H2,1-3H3. The molecule has 1 saturated carbocycles. The number of hydrogen-bond donors (Lipinski definition) is 2. The second-order valence-electron chi connectivity index (χ2n) is 5.67. The highest BCUT2D eigenvalue weighted by Gasteiger charge is 2.20. The molecule has 0 aromatic carbocycles. The first kappa shape index (κ1) is 13.6. The largest absolute Gasteiger partial charge is 0.466 e. The Kier molecular flexibility index (Phi) is 4.46. The van der Waals surface area contributed by atoms with E-state index in [4.69, 9.17) is 4.42 Å². The maximum absolute atomic E-state index is 9.49. The number of hydrogen-bond acceptors (Lipinski definition) is 3. The summed E-state index contributed by atoms with van der Waals surface area (Å²) in [7, 11) is 0. The minimum Gasteiger partial charge on any atom is -0.466 e. The van der Waals surface area contributed by atoms with Crippen LogP contribution in [-0.2, 0) is 0 Å². The topological polar surface area (TPSA) is 45.4 Å². The SMILES string of the molecule is Cc1cc(C(C)NCC2CCC(O)CC2)c(C)o1. The zero-order valence-corrected chi connectivity index (χ0v) is 11.7. The number of rotatable bonds is 4. The van der Waals surface area contributed by atoms with Gasteiger partial charge in [0.1, 0.15) is 11.5 Å². The Bertz CT molecular complexity index is 378. The van der Waals surface area contributed by atoms with Gasteiger partial charge in [0.2, 0.25) is 0 Å². The lowest BCUT2D eigenvalue weighted by Crippen LogP contribution is -2.29. The summed E-state index contributed by atoms with van der Waals surface area (Å²) in [4.78, 5) is 0. The van der Waals surface area contributed by atoms with Crippen LogP contribution in [0.1, 0.15) is 55.7 Å². The van der Waals surface area contributed by atoms with Crippen molar-refractivity contribution in [2.75, 3.05) is 6.54 Å². The molecule has 1 aliphatic rings. The summed E-state index contributed by atoms with van der Waals surface area (Å²) in [6.07, 6.45) is 4.15. The van der Waals surface area contributed by atoms with Crippen LogP contribution in [0.3, 0.4) is 0 Å². The van der Waals surface area contributed by atoms with Crippen molar-refractivity contribution in [3.8, 4) is 0 Å². The molecule has 18 heavy (non-hydrogen) atoms. The number of furan rings is 1. The van der Waals surface area contributed by atoms with Crippen molar-refractivity contribution in [2.24, 2.45) is 5.92 Å². The number of aliphatic hydroxyl groups excluding tert-OH is 1. The molecular formula is C15H25NO2. The van der Waals surface area contributed by atoms with Crippen molar-refractivity contribution in [1.82, 2.24) is 5.32 Å². The third-order valence-corrected chi connectivity index (χ3v) is 4.07. The quantitative estimate of drug-likeness (QED) is 0.864. The van der Waals surface area contributed by atoms with Crippen molar-refractivity contribution in [3.63, 3.8) is 0 Å². The molecule has 1 aromatic rings. The third-order valence-electron chi connectivity index (χ3n) is 4.07. The van der Waals surface area contributed by atoms with Gasteiger partial charge in [-0.25, -0.2) is 0 Å². The minimum atomic E-state index is -0.0579. The molecule has 0 spiro atoms. The van der Waals surface area contributed by atoms with Gasteiger partial charge in [0, 0.05) is 11.6 Å². The van der Waals surface area contributed by atoms with E-state index in [9.17, 15) is 5.11 Å². The molecule has 3 heteroatoms. The van der Waals surface area contributed by atoms with E-state index in [1.807, 2.05) is 13.8 Å². The molecule has 1 aromatic heterocycles. The van der Waals surface area contributed by atoms with E-state index < -0.39 is 0 Å². The molecule has 0 bridgehead atoms. The van der Waals surface area contributed by atoms with Crippen LogP contribution >= 0.6 is 0 Å². The number of nitrogens with one attached hydrogen (secondary N) is 1. The lowest BCUT2D eigenvalue weighted by Gasteiger charge is -2.26. The first-order valence-electron chi connectivity index (χ1n) is 7.04. The van der Waals surface area contributed by atoms with Crippen molar-refractivity contribution in [1.29, 1.82) is 0 Å². The molecule has 1 fully saturated rings. The lowest BCUT2D eigenvalue weighted by atomic mass is 9.87. The molecule has 0 radical (unpaired) electrons. The molecule has 2 N–H and O–H groups in total. The summed E-state index contributed by atoms with van der Waals surface area (Å²) in [5.74, 6) is 2.72. The highest BCUT2D eigenvalue weighted by Crippen LogP contribution is 2.25. The van der Waals surface area contributed by atoms with Gasteiger partial charge in [-0.1, -0.05) is 0 Å². The smallest absolute Gasteiger partial charge is 0.105 e. The van der Waals surface area contributed by atoms with Crippen molar-refractivity contribution < 1.29 is 9.52 Å². The third kappa shape index (κ3) is 3.36. The van der Waals surface area contributed by atoms with Crippen LogP contribution in [0.15, 0.2) is 10.5 Å². The van der Waals surface area contributed by atoms with Crippen LogP contribution in [-0.4, -0.2) is 17.8 Å². The van der Waals surface area contributed by atoms with E-state index >= 15 is 0 Å². The van der Waals surface area contributed by atoms with Gasteiger partial charge in [-0.05, 0) is 65.0 Å². The van der Waals surface area contributed by atoms with E-state index in [1.54, 1.807) is 0 Å². The molecule has 102 valence electrons. The summed E-state index contributed by atoms with van der Waals surface area (Å²) in [5, 5.41) is 13.1. The van der Waals surface area contributed by atoms with Gasteiger partial charge in [0.25, 0.3) is 0 Å². The van der Waals surface area contributed by atoms with Crippen LogP contribution in [0.2, 0.25) is 0 Å². The van der Waals surface area contributed by atoms with Gasteiger partial charge >= 0.3 is 0 Å². The van der Waals surface area contributed by atoms with Gasteiger partial charge < -0.3 is 14.8 Å². The molecule has 3 nitrogen and oxygen atoms in total. The second-order valence-corrected chi connectivity index (χ2v) is 5.67. The van der Waals surface area contributed by atoms with Crippen LogP contribution in [0.25, 0.3) is 0 Å². The Balaban J connectivity index is 1.81. The van der Waals surface area contributed by atoms with Crippen molar-refractivity contribution in [3.05, 3.63) is 23.2 Å². The summed E-state index contributed by atoms with van der Waals surface area (Å²) < 4.78 is 5.57. The monoisotopic (exact) mass is 251 g/mol. The van der Waals surface area contributed by atoms with Gasteiger partial charge in [0.15, 0.2) is 0 Å². The fourth-order valence-corrected chi connectivity index (χ4v) is 2.88. The number of aryl methyl sites for hydroxylation is 2. The van der Waals surface area contributed by atoms with Gasteiger partial charge in [-0.2, -0.15) is 0 Å². The molecule has 1 aliphatic carbocycles. The fraction of sp³-hybridized carbons (Fsp3) is 0.733. The first-order chi connectivity index (χ1) is 8.56. The average molecular weight is 251 g/mol. The first-order valence-corrected chi connectivity index (χ1v) is 7.04. The Hall–Kier alpha value is -0.800. The van der Waals surface area contributed by atoms with Crippen LogP contribution in [0, 0.1) is 19.8 Å². The van der Waals surface area contributed by atoms with Crippen LogP contribution in [0.4, 0.5) is 0 Å². The average Bonchev–Trinajstić information content (AvgIpc) is 2.67. The van der Waals surface area contributed by atoms with Gasteiger partial charge in [-0.15, -0.1) is 0 Å². The Morgan fingerprint density at radius 3 is 2.56 bits per heavy atom. The highest BCUT2D eigenvalue weighted by molar-refractivity contribution is 5.23. The molecular weight excluding hydrogens is 226 g/mol. The van der Waals surface area contributed by atoms with E-state index in [1.165, 1.54) is 5.56 Å². The van der Waals surface area contributed by atoms with E-state index in [0.29, 0.717) is 12.0 Å². The lowest BCUT2D eigenvalue weighted by molar-refractivity contribution is 0.108. The fourth-order valence-electron chi connectivity index (χ4n) is 2.88. The van der Waals surface area contributed by atoms with Gasteiger partial charge in [-0.3, -0.25) is 0 Å². The Morgan fingerprint density at radius 1 is 1.33 bits per heavy atom. The Morgan fingerprint density at radius 2 is 2.00 bits per heavy atom. The van der Waals surface area contributed by atoms with Crippen LogP contribution in [0.5, 0.6) is 0 Å². The second kappa shape index (κ2) is 5.89. The van der Waals surface area contributed by atoms with Crippen molar-refractivity contribution >= 4 is 0 Å². The predicted octanol–water partition coefficient (Wildman–Crippen LogP) is 3.10. The summed E-state index contributed by atoms with van der Waals surface area (Å²) in [6.45, 7) is 7.25.